The molecule has 0 N–H and O–H groups in total. The van der Waals surface area contributed by atoms with E-state index >= 15 is 0 Å². The van der Waals surface area contributed by atoms with Gasteiger partial charge in [0, 0.05) is 14.1 Å². The Bertz CT molecular complexity index is 760. The second-order valence-electron chi connectivity index (χ2n) is 5.35. The van der Waals surface area contributed by atoms with Crippen LogP contribution < -0.4 is 0 Å². The first-order valence-electron chi connectivity index (χ1n) is 6.68. The first-order chi connectivity index (χ1) is 9.82. The summed E-state index contributed by atoms with van der Waals surface area (Å²) in [6.07, 6.45) is 0.127. The number of aryl methyl sites for hydroxylation is 2. The summed E-state index contributed by atoms with van der Waals surface area (Å²) < 4.78 is 3.44. The molecule has 1 fully saturated rings. The number of imide groups is 1. The Kier molecular flexibility index (Phi) is 3.05. The second-order valence-corrected chi connectivity index (χ2v) is 6.00. The number of rotatable bonds is 2. The summed E-state index contributed by atoms with van der Waals surface area (Å²) in [4.78, 5) is 29.8. The van der Waals surface area contributed by atoms with E-state index in [1.807, 2.05) is 6.92 Å². The van der Waals surface area contributed by atoms with Crippen LogP contribution in [0.5, 0.6) is 0 Å². The molecule has 0 aromatic carbocycles. The molecule has 112 valence electrons. The molecule has 2 amide bonds. The van der Waals surface area contributed by atoms with E-state index in [9.17, 15) is 9.59 Å². The van der Waals surface area contributed by atoms with Gasteiger partial charge in [0.15, 0.2) is 5.65 Å². The van der Waals surface area contributed by atoms with Crippen LogP contribution in [0.1, 0.15) is 36.3 Å². The largest absolute Gasteiger partial charge is 0.298 e. The van der Waals surface area contributed by atoms with Crippen molar-refractivity contribution in [2.24, 2.45) is 7.05 Å². The Morgan fingerprint density at radius 3 is 2.52 bits per heavy atom. The third-order valence-corrected chi connectivity index (χ3v) is 4.08. The van der Waals surface area contributed by atoms with Gasteiger partial charge < -0.3 is 0 Å². The minimum atomic E-state index is -0.599. The van der Waals surface area contributed by atoms with E-state index in [4.69, 9.17) is 11.6 Å². The lowest BCUT2D eigenvalue weighted by Gasteiger charge is -2.16. The summed E-state index contributed by atoms with van der Waals surface area (Å²) in [5.74, 6) is 0.153. The lowest BCUT2D eigenvalue weighted by molar-refractivity contribution is -0.137. The van der Waals surface area contributed by atoms with Crippen molar-refractivity contribution in [2.45, 2.75) is 31.7 Å². The summed E-state index contributed by atoms with van der Waals surface area (Å²) in [5, 5.41) is 3.96. The van der Waals surface area contributed by atoms with Crippen molar-refractivity contribution in [3.8, 4) is 0 Å². The Labute approximate surface area is 126 Å². The van der Waals surface area contributed by atoms with Crippen molar-refractivity contribution in [2.75, 3.05) is 7.05 Å². The number of carbonyl (C=O) groups excluding carboxylic acids is 2. The van der Waals surface area contributed by atoms with E-state index in [0.29, 0.717) is 5.82 Å². The Morgan fingerprint density at radius 2 is 2.00 bits per heavy atom. The first kappa shape index (κ1) is 14.1. The molecule has 1 aliphatic rings. The molecular weight excluding hydrogens is 294 g/mol. The minimum Gasteiger partial charge on any atom is -0.298 e. The molecule has 0 saturated carbocycles. The van der Waals surface area contributed by atoms with E-state index in [0.717, 1.165) is 21.8 Å². The Balaban J connectivity index is 2.28. The highest BCUT2D eigenvalue weighted by Gasteiger charge is 2.40. The van der Waals surface area contributed by atoms with Crippen molar-refractivity contribution in [1.29, 1.82) is 0 Å². The number of nitrogens with zero attached hydrogens (tertiary/aromatic N) is 5. The van der Waals surface area contributed by atoms with E-state index < -0.39 is 6.04 Å². The molecule has 0 bridgehead atoms. The van der Waals surface area contributed by atoms with E-state index in [1.54, 1.807) is 23.2 Å². The number of fused-ring (bicyclic) bond motifs is 1. The van der Waals surface area contributed by atoms with Crippen molar-refractivity contribution in [3.05, 3.63) is 11.5 Å². The van der Waals surface area contributed by atoms with E-state index in [2.05, 4.69) is 10.1 Å². The molecule has 8 heteroatoms. The molecule has 3 rings (SSSR count). The van der Waals surface area contributed by atoms with Crippen LogP contribution in [0.4, 0.5) is 0 Å². The summed E-state index contributed by atoms with van der Waals surface area (Å²) in [6, 6.07) is -0.599. The van der Waals surface area contributed by atoms with E-state index in [-0.39, 0.29) is 23.6 Å². The SMILES string of the molecule is Cc1nn(C)c2c1nc(C(C)Cl)n2C1CC(=O)N(C)C1=O. The smallest absolute Gasteiger partial charge is 0.252 e. The van der Waals surface area contributed by atoms with Crippen LogP contribution in [-0.2, 0) is 16.6 Å². The Morgan fingerprint density at radius 1 is 1.33 bits per heavy atom. The molecule has 2 aromatic rings. The maximum Gasteiger partial charge on any atom is 0.252 e. The summed E-state index contributed by atoms with van der Waals surface area (Å²) in [7, 11) is 3.29. The third-order valence-electron chi connectivity index (χ3n) is 3.89. The maximum atomic E-state index is 12.3. The van der Waals surface area contributed by atoms with Crippen molar-refractivity contribution < 1.29 is 9.59 Å². The van der Waals surface area contributed by atoms with Crippen molar-refractivity contribution >= 4 is 34.6 Å². The molecule has 1 saturated heterocycles. The van der Waals surface area contributed by atoms with Crippen LogP contribution in [0.15, 0.2) is 0 Å². The quantitative estimate of drug-likeness (QED) is 0.619. The highest BCUT2D eigenvalue weighted by Crippen LogP contribution is 2.33. The normalized spacial score (nSPS) is 20.8. The van der Waals surface area contributed by atoms with Crippen molar-refractivity contribution in [1.82, 2.24) is 24.2 Å². The van der Waals surface area contributed by atoms with Crippen LogP contribution in [0.2, 0.25) is 0 Å². The molecule has 7 nitrogen and oxygen atoms in total. The number of imidazole rings is 1. The number of amides is 2. The predicted molar refractivity (Wildman–Crippen MR) is 76.9 cm³/mol. The zero-order valence-electron chi connectivity index (χ0n) is 12.3. The van der Waals surface area contributed by atoms with Gasteiger partial charge in [0.05, 0.1) is 17.5 Å². The fourth-order valence-electron chi connectivity index (χ4n) is 2.84. The summed E-state index contributed by atoms with van der Waals surface area (Å²) in [6.45, 7) is 3.66. The van der Waals surface area contributed by atoms with Crippen LogP contribution in [-0.4, -0.2) is 43.1 Å². The zero-order chi connectivity index (χ0) is 15.5. The molecule has 2 aromatic heterocycles. The van der Waals surface area contributed by atoms with Crippen LogP contribution in [0.25, 0.3) is 11.2 Å². The predicted octanol–water partition coefficient (Wildman–Crippen LogP) is 1.31. The van der Waals surface area contributed by atoms with Gasteiger partial charge in [-0.2, -0.15) is 5.10 Å². The molecule has 0 radical (unpaired) electrons. The number of carbonyl (C=O) groups is 2. The molecule has 0 spiro atoms. The standard InChI is InChI=1S/C13H16ClN5O2/c1-6(14)11-15-10-7(2)16-18(4)12(10)19(11)8-5-9(20)17(3)13(8)21/h6,8H,5H2,1-4H3. The number of likely N-dealkylation sites (tertiary alicyclic amines) is 1. The number of hydrogen-bond acceptors (Lipinski definition) is 4. The van der Waals surface area contributed by atoms with E-state index in [1.165, 1.54) is 7.05 Å². The minimum absolute atomic E-state index is 0.127. The van der Waals surface area contributed by atoms with Gasteiger partial charge in [-0.05, 0) is 13.8 Å². The maximum absolute atomic E-state index is 12.3. The molecule has 2 atom stereocenters. The number of aromatic nitrogens is 4. The molecular formula is C13H16ClN5O2. The molecule has 1 aliphatic heterocycles. The topological polar surface area (TPSA) is 73.0 Å². The van der Waals surface area contributed by atoms with Crippen molar-refractivity contribution in [3.63, 3.8) is 0 Å². The number of hydrogen-bond donors (Lipinski definition) is 0. The first-order valence-corrected chi connectivity index (χ1v) is 7.12. The highest BCUT2D eigenvalue weighted by molar-refractivity contribution is 6.20. The fourth-order valence-corrected chi connectivity index (χ4v) is 2.99. The monoisotopic (exact) mass is 309 g/mol. The number of alkyl halides is 1. The second kappa shape index (κ2) is 4.56. The van der Waals surface area contributed by atoms with Gasteiger partial charge in [-0.25, -0.2) is 4.98 Å². The van der Waals surface area contributed by atoms with Crippen LogP contribution in [0.3, 0.4) is 0 Å². The summed E-state index contributed by atoms with van der Waals surface area (Å²) in [5.41, 5.74) is 2.21. The van der Waals surface area contributed by atoms with Gasteiger partial charge >= 0.3 is 0 Å². The molecule has 0 aliphatic carbocycles. The van der Waals surface area contributed by atoms with Gasteiger partial charge in [0.25, 0.3) is 5.91 Å². The third kappa shape index (κ3) is 1.87. The van der Waals surface area contributed by atoms with Crippen LogP contribution >= 0.6 is 11.6 Å². The van der Waals surface area contributed by atoms with Gasteiger partial charge in [0.2, 0.25) is 5.91 Å². The Hall–Kier alpha value is -1.89. The lowest BCUT2D eigenvalue weighted by Crippen LogP contribution is -2.27. The fraction of sp³-hybridized carbons (Fsp3) is 0.538. The summed E-state index contributed by atoms with van der Waals surface area (Å²) >= 11 is 6.22. The van der Waals surface area contributed by atoms with Gasteiger partial charge in [-0.15, -0.1) is 11.6 Å². The molecule has 2 unspecified atom stereocenters. The van der Waals surface area contributed by atoms with Gasteiger partial charge in [0.1, 0.15) is 17.4 Å². The average molecular weight is 310 g/mol. The van der Waals surface area contributed by atoms with Gasteiger partial charge in [-0.3, -0.25) is 23.7 Å². The molecule has 21 heavy (non-hydrogen) atoms. The number of likely N-dealkylation sites (N-methyl/N-ethyl adjacent to an activating group) is 1. The lowest BCUT2D eigenvalue weighted by atomic mass is 10.2. The zero-order valence-corrected chi connectivity index (χ0v) is 13.0. The van der Waals surface area contributed by atoms with Crippen LogP contribution in [0, 0.1) is 6.92 Å². The highest BCUT2D eigenvalue weighted by atomic mass is 35.5. The number of halogens is 1. The van der Waals surface area contributed by atoms with Gasteiger partial charge in [-0.1, -0.05) is 0 Å². The average Bonchev–Trinajstić information content (AvgIpc) is 3.00. The molecule has 3 heterocycles.